The number of aliphatic imine (C=N–C) groups is 1. The summed E-state index contributed by atoms with van der Waals surface area (Å²) >= 11 is 0. The van der Waals surface area contributed by atoms with Crippen molar-refractivity contribution in [3.8, 4) is 0 Å². The zero-order valence-corrected chi connectivity index (χ0v) is 17.7. The number of amides is 1. The smallest absolute Gasteiger partial charge is 0.225 e. The van der Waals surface area contributed by atoms with Gasteiger partial charge >= 0.3 is 0 Å². The Morgan fingerprint density at radius 2 is 1.89 bits per heavy atom. The molecule has 0 aromatic heterocycles. The maximum absolute atomic E-state index is 12.6. The molecular formula is C23H36N4O. The van der Waals surface area contributed by atoms with Crippen LogP contribution in [0.1, 0.15) is 51.5 Å². The minimum absolute atomic E-state index is 0.124. The van der Waals surface area contributed by atoms with Gasteiger partial charge in [-0.2, -0.15) is 0 Å². The van der Waals surface area contributed by atoms with Crippen molar-refractivity contribution in [2.75, 3.05) is 26.7 Å². The highest BCUT2D eigenvalue weighted by Gasteiger charge is 2.32. The molecule has 1 aromatic rings. The first-order valence-corrected chi connectivity index (χ1v) is 10.8. The van der Waals surface area contributed by atoms with Crippen LogP contribution in [0, 0.1) is 11.3 Å². The minimum Gasteiger partial charge on any atom is -0.356 e. The van der Waals surface area contributed by atoms with E-state index in [1.807, 2.05) is 7.05 Å². The molecule has 0 spiro atoms. The highest BCUT2D eigenvalue weighted by atomic mass is 16.2. The molecule has 5 nitrogen and oxygen atoms in total. The molecule has 1 aliphatic carbocycles. The van der Waals surface area contributed by atoms with Crippen LogP contribution in [0.25, 0.3) is 0 Å². The third kappa shape index (κ3) is 5.73. The van der Waals surface area contributed by atoms with Gasteiger partial charge in [-0.3, -0.25) is 9.79 Å². The van der Waals surface area contributed by atoms with Crippen LogP contribution in [-0.2, 0) is 11.2 Å². The molecule has 1 atom stereocenters. The highest BCUT2D eigenvalue weighted by Crippen LogP contribution is 2.28. The number of rotatable bonds is 6. The summed E-state index contributed by atoms with van der Waals surface area (Å²) in [6.45, 7) is 7.06. The predicted octanol–water partition coefficient (Wildman–Crippen LogP) is 3.21. The van der Waals surface area contributed by atoms with Crippen molar-refractivity contribution in [3.63, 3.8) is 0 Å². The summed E-state index contributed by atoms with van der Waals surface area (Å²) in [6, 6.07) is 10.9. The van der Waals surface area contributed by atoms with Crippen LogP contribution in [0.3, 0.4) is 0 Å². The van der Waals surface area contributed by atoms with E-state index in [0.29, 0.717) is 5.91 Å². The zero-order chi connectivity index (χ0) is 20.0. The van der Waals surface area contributed by atoms with Crippen molar-refractivity contribution in [1.82, 2.24) is 15.5 Å². The molecule has 0 radical (unpaired) electrons. The van der Waals surface area contributed by atoms with E-state index in [4.69, 9.17) is 0 Å². The number of carbonyl (C=O) groups is 1. The van der Waals surface area contributed by atoms with Gasteiger partial charge in [-0.15, -0.1) is 0 Å². The van der Waals surface area contributed by atoms with Crippen LogP contribution in [0.5, 0.6) is 0 Å². The van der Waals surface area contributed by atoms with Gasteiger partial charge < -0.3 is 15.5 Å². The number of nitrogens with one attached hydrogen (secondary N) is 2. The third-order valence-electron chi connectivity index (χ3n) is 6.03. The SMILES string of the molecule is CN=C(NCC(C)(C)Cc1ccccc1)NC1CCN(C(=O)C2CCCC2)C1. The maximum Gasteiger partial charge on any atom is 0.225 e. The molecule has 5 heteroatoms. The van der Waals surface area contributed by atoms with Gasteiger partial charge in [-0.05, 0) is 36.7 Å². The number of hydrogen-bond donors (Lipinski definition) is 2. The van der Waals surface area contributed by atoms with E-state index in [0.717, 1.165) is 51.3 Å². The largest absolute Gasteiger partial charge is 0.356 e. The lowest BCUT2D eigenvalue weighted by atomic mass is 9.86. The molecule has 0 bridgehead atoms. The van der Waals surface area contributed by atoms with Crippen molar-refractivity contribution in [3.05, 3.63) is 35.9 Å². The quantitative estimate of drug-likeness (QED) is 0.585. The first-order valence-electron chi connectivity index (χ1n) is 10.8. The molecule has 154 valence electrons. The van der Waals surface area contributed by atoms with E-state index in [-0.39, 0.29) is 17.4 Å². The van der Waals surface area contributed by atoms with E-state index >= 15 is 0 Å². The summed E-state index contributed by atoms with van der Waals surface area (Å²) < 4.78 is 0. The van der Waals surface area contributed by atoms with Crippen LogP contribution in [-0.4, -0.2) is 49.5 Å². The molecule has 28 heavy (non-hydrogen) atoms. The summed E-state index contributed by atoms with van der Waals surface area (Å²) in [5.74, 6) is 1.48. The second-order valence-electron chi connectivity index (χ2n) is 9.15. The molecule has 1 amide bonds. The van der Waals surface area contributed by atoms with Crippen molar-refractivity contribution in [2.45, 2.75) is 58.4 Å². The molecule has 3 rings (SSSR count). The van der Waals surface area contributed by atoms with Crippen molar-refractivity contribution >= 4 is 11.9 Å². The predicted molar refractivity (Wildman–Crippen MR) is 115 cm³/mol. The Morgan fingerprint density at radius 1 is 1.18 bits per heavy atom. The highest BCUT2D eigenvalue weighted by molar-refractivity contribution is 5.81. The summed E-state index contributed by atoms with van der Waals surface area (Å²) in [5.41, 5.74) is 1.48. The average molecular weight is 385 g/mol. The Hall–Kier alpha value is -2.04. The molecule has 1 saturated heterocycles. The molecule has 2 aliphatic rings. The average Bonchev–Trinajstić information content (AvgIpc) is 3.37. The maximum atomic E-state index is 12.6. The summed E-state index contributed by atoms with van der Waals surface area (Å²) in [7, 11) is 1.82. The lowest BCUT2D eigenvalue weighted by Gasteiger charge is -2.27. The summed E-state index contributed by atoms with van der Waals surface area (Å²) in [6.07, 6.45) is 6.58. The molecule has 1 heterocycles. The van der Waals surface area contributed by atoms with E-state index < -0.39 is 0 Å². The van der Waals surface area contributed by atoms with Crippen molar-refractivity contribution in [1.29, 1.82) is 0 Å². The van der Waals surface area contributed by atoms with Crippen LogP contribution in [0.2, 0.25) is 0 Å². The van der Waals surface area contributed by atoms with Crippen LogP contribution < -0.4 is 10.6 Å². The van der Waals surface area contributed by atoms with E-state index in [1.54, 1.807) is 0 Å². The molecule has 1 aromatic carbocycles. The number of likely N-dealkylation sites (tertiary alicyclic amines) is 1. The second-order valence-corrected chi connectivity index (χ2v) is 9.15. The topological polar surface area (TPSA) is 56.7 Å². The number of hydrogen-bond acceptors (Lipinski definition) is 2. The van der Waals surface area contributed by atoms with Crippen LogP contribution in [0.4, 0.5) is 0 Å². The van der Waals surface area contributed by atoms with Gasteiger partial charge in [0.05, 0.1) is 0 Å². The van der Waals surface area contributed by atoms with E-state index in [9.17, 15) is 4.79 Å². The monoisotopic (exact) mass is 384 g/mol. The molecule has 2 fully saturated rings. The third-order valence-corrected chi connectivity index (χ3v) is 6.03. The normalized spacial score (nSPS) is 21.2. The number of carbonyl (C=O) groups excluding carboxylic acids is 1. The fraction of sp³-hybridized carbons (Fsp3) is 0.652. The van der Waals surface area contributed by atoms with Crippen molar-refractivity contribution < 1.29 is 4.79 Å². The van der Waals surface area contributed by atoms with Gasteiger partial charge in [0, 0.05) is 38.6 Å². The van der Waals surface area contributed by atoms with Gasteiger partial charge in [0.1, 0.15) is 0 Å². The number of guanidine groups is 1. The summed E-state index contributed by atoms with van der Waals surface area (Å²) in [5, 5.41) is 7.01. The molecule has 1 saturated carbocycles. The van der Waals surface area contributed by atoms with E-state index in [1.165, 1.54) is 18.4 Å². The minimum atomic E-state index is 0.124. The lowest BCUT2D eigenvalue weighted by molar-refractivity contribution is -0.134. The van der Waals surface area contributed by atoms with Gasteiger partial charge in [-0.25, -0.2) is 0 Å². The fourth-order valence-electron chi connectivity index (χ4n) is 4.43. The Labute approximate surface area is 170 Å². The molecule has 1 unspecified atom stereocenters. The lowest BCUT2D eigenvalue weighted by Crippen LogP contribution is -2.47. The molecule has 1 aliphatic heterocycles. The first kappa shape index (κ1) is 20.7. The molecule has 2 N–H and O–H groups in total. The zero-order valence-electron chi connectivity index (χ0n) is 17.7. The van der Waals surface area contributed by atoms with Gasteiger partial charge in [0.25, 0.3) is 0 Å². The molecular weight excluding hydrogens is 348 g/mol. The Kier molecular flexibility index (Phi) is 6.97. The van der Waals surface area contributed by atoms with Crippen molar-refractivity contribution in [2.24, 2.45) is 16.3 Å². The van der Waals surface area contributed by atoms with Gasteiger partial charge in [-0.1, -0.05) is 57.0 Å². The first-order chi connectivity index (χ1) is 13.5. The fourth-order valence-corrected chi connectivity index (χ4v) is 4.43. The number of nitrogens with zero attached hydrogens (tertiary/aromatic N) is 2. The summed E-state index contributed by atoms with van der Waals surface area (Å²) in [4.78, 5) is 19.1. The number of benzene rings is 1. The Morgan fingerprint density at radius 3 is 2.57 bits per heavy atom. The Balaban J connectivity index is 1.45. The van der Waals surface area contributed by atoms with Crippen LogP contribution in [0.15, 0.2) is 35.3 Å². The Bertz CT molecular complexity index is 664. The van der Waals surface area contributed by atoms with Crippen LogP contribution >= 0.6 is 0 Å². The second kappa shape index (κ2) is 9.44. The van der Waals surface area contributed by atoms with Gasteiger partial charge in [0.15, 0.2) is 5.96 Å². The van der Waals surface area contributed by atoms with Gasteiger partial charge in [0.2, 0.25) is 5.91 Å². The standard InChI is InChI=1S/C23H36N4O/c1-23(2,15-18-9-5-4-6-10-18)17-25-22(24-3)26-20-13-14-27(16-20)21(28)19-11-7-8-12-19/h4-6,9-10,19-20H,7-8,11-17H2,1-3H3,(H2,24,25,26). The van der Waals surface area contributed by atoms with E-state index in [2.05, 4.69) is 64.7 Å².